The van der Waals surface area contributed by atoms with Crippen molar-refractivity contribution >= 4 is 43.6 Å². The van der Waals surface area contributed by atoms with E-state index in [4.69, 9.17) is 9.97 Å². The Labute approximate surface area is 237 Å². The van der Waals surface area contributed by atoms with E-state index in [0.29, 0.717) is 0 Å². The number of hydrogen-bond acceptors (Lipinski definition) is 2. The molecule has 0 unspecified atom stereocenters. The molecule has 3 aromatic heterocycles. The minimum absolute atomic E-state index is 0.234. The van der Waals surface area contributed by atoms with Crippen molar-refractivity contribution in [2.45, 2.75) is 19.9 Å². The van der Waals surface area contributed by atoms with Crippen molar-refractivity contribution in [1.82, 2.24) is 19.5 Å². The number of pyridine rings is 1. The molecule has 4 heteroatoms. The molecule has 0 amide bonds. The highest BCUT2D eigenvalue weighted by molar-refractivity contribution is 6.12. The average Bonchev–Trinajstić information content (AvgIpc) is 3.60. The summed E-state index contributed by atoms with van der Waals surface area (Å²) in [7, 11) is 0. The second-order valence-electron chi connectivity index (χ2n) is 11.0. The lowest BCUT2D eigenvalue weighted by atomic mass is 9.99. The predicted molar refractivity (Wildman–Crippen MR) is 171 cm³/mol. The molecule has 0 aliphatic heterocycles. The monoisotopic (exact) mass is 528 g/mol. The Balaban J connectivity index is 1.32. The third-order valence-corrected chi connectivity index (χ3v) is 8.12. The van der Waals surface area contributed by atoms with Gasteiger partial charge in [-0.25, -0.2) is 4.98 Å². The van der Waals surface area contributed by atoms with Gasteiger partial charge in [0.15, 0.2) is 0 Å². The minimum atomic E-state index is 0.234. The maximum atomic E-state index is 5.37. The molecule has 0 saturated heterocycles. The molecule has 0 aliphatic carbocycles. The van der Waals surface area contributed by atoms with E-state index in [9.17, 15) is 0 Å². The first-order valence-corrected chi connectivity index (χ1v) is 14.1. The Hall–Kier alpha value is -5.22. The molecule has 0 bridgehead atoms. The molecule has 4 nitrogen and oxygen atoms in total. The van der Waals surface area contributed by atoms with E-state index in [2.05, 4.69) is 133 Å². The van der Waals surface area contributed by atoms with Crippen LogP contribution in [0.25, 0.3) is 77.4 Å². The summed E-state index contributed by atoms with van der Waals surface area (Å²) < 4.78 is 2.37. The van der Waals surface area contributed by atoms with Gasteiger partial charge in [-0.2, -0.15) is 0 Å². The van der Waals surface area contributed by atoms with Crippen molar-refractivity contribution < 1.29 is 0 Å². The van der Waals surface area contributed by atoms with E-state index in [1.54, 1.807) is 0 Å². The standard InChI is InChI=1S/C37H28N4/c1-23(2)41-34-19-9-15-28(25-12-7-13-26(20-25)33-21-24-10-3-4-11-27(24)22-38-33)36(34)40-37(41)31-17-8-16-30-29-14-5-6-18-32(29)39-35(30)31/h3-23,39H,1-2H3. The van der Waals surface area contributed by atoms with Crippen LogP contribution < -0.4 is 0 Å². The zero-order valence-electron chi connectivity index (χ0n) is 23.0. The first kappa shape index (κ1) is 23.6. The van der Waals surface area contributed by atoms with E-state index < -0.39 is 0 Å². The van der Waals surface area contributed by atoms with Crippen LogP contribution in [0.2, 0.25) is 0 Å². The molecule has 8 rings (SSSR count). The van der Waals surface area contributed by atoms with Crippen LogP contribution in [0.1, 0.15) is 19.9 Å². The van der Waals surface area contributed by atoms with E-state index in [1.807, 2.05) is 12.3 Å². The Bertz CT molecular complexity index is 2250. The Morgan fingerprint density at radius 2 is 1.39 bits per heavy atom. The van der Waals surface area contributed by atoms with Gasteiger partial charge >= 0.3 is 0 Å². The van der Waals surface area contributed by atoms with Gasteiger partial charge in [-0.15, -0.1) is 0 Å². The number of para-hydroxylation sites is 3. The summed E-state index contributed by atoms with van der Waals surface area (Å²) in [6, 6.07) is 40.9. The predicted octanol–water partition coefficient (Wildman–Crippen LogP) is 9.80. The third kappa shape index (κ3) is 3.75. The van der Waals surface area contributed by atoms with E-state index >= 15 is 0 Å². The van der Waals surface area contributed by atoms with Crippen LogP contribution in [0.5, 0.6) is 0 Å². The number of benzene rings is 5. The molecule has 0 radical (unpaired) electrons. The van der Waals surface area contributed by atoms with Crippen LogP contribution >= 0.6 is 0 Å². The molecule has 0 spiro atoms. The molecule has 0 aliphatic rings. The van der Waals surface area contributed by atoms with Crippen LogP contribution in [-0.4, -0.2) is 19.5 Å². The topological polar surface area (TPSA) is 46.5 Å². The molecule has 5 aromatic carbocycles. The van der Waals surface area contributed by atoms with Gasteiger partial charge in [-0.1, -0.05) is 84.9 Å². The lowest BCUT2D eigenvalue weighted by molar-refractivity contribution is 0.624. The number of nitrogens with zero attached hydrogens (tertiary/aromatic N) is 3. The van der Waals surface area contributed by atoms with E-state index in [0.717, 1.165) is 61.2 Å². The van der Waals surface area contributed by atoms with Crippen molar-refractivity contribution in [3.8, 4) is 33.8 Å². The summed E-state index contributed by atoms with van der Waals surface area (Å²) in [4.78, 5) is 13.8. The lowest BCUT2D eigenvalue weighted by Crippen LogP contribution is -2.03. The van der Waals surface area contributed by atoms with Gasteiger partial charge in [0.2, 0.25) is 0 Å². The second-order valence-corrected chi connectivity index (χ2v) is 11.0. The molecule has 196 valence electrons. The summed E-state index contributed by atoms with van der Waals surface area (Å²) in [5.74, 6) is 0.979. The number of H-pyrrole nitrogens is 1. The third-order valence-electron chi connectivity index (χ3n) is 8.12. The normalized spacial score (nSPS) is 11.9. The smallest absolute Gasteiger partial charge is 0.143 e. The van der Waals surface area contributed by atoms with Gasteiger partial charge in [0.1, 0.15) is 5.82 Å². The van der Waals surface area contributed by atoms with Crippen LogP contribution in [-0.2, 0) is 0 Å². The number of hydrogen-bond donors (Lipinski definition) is 1. The Morgan fingerprint density at radius 1 is 0.659 bits per heavy atom. The van der Waals surface area contributed by atoms with Crippen LogP contribution in [0.3, 0.4) is 0 Å². The number of rotatable bonds is 4. The molecule has 0 fully saturated rings. The van der Waals surface area contributed by atoms with Crippen LogP contribution in [0.15, 0.2) is 121 Å². The van der Waals surface area contributed by atoms with Crippen molar-refractivity contribution in [1.29, 1.82) is 0 Å². The number of imidazole rings is 1. The molecular weight excluding hydrogens is 500 g/mol. The fraction of sp³-hybridized carbons (Fsp3) is 0.0811. The van der Waals surface area contributed by atoms with Gasteiger partial charge in [0, 0.05) is 50.6 Å². The van der Waals surface area contributed by atoms with E-state index in [1.165, 1.54) is 16.2 Å². The number of fused-ring (bicyclic) bond motifs is 5. The Kier molecular flexibility index (Phi) is 5.29. The number of aromatic amines is 1. The van der Waals surface area contributed by atoms with Crippen LogP contribution in [0.4, 0.5) is 0 Å². The molecule has 0 atom stereocenters. The molecule has 1 N–H and O–H groups in total. The van der Waals surface area contributed by atoms with Gasteiger partial charge in [0.05, 0.1) is 22.2 Å². The molecule has 8 aromatic rings. The van der Waals surface area contributed by atoms with Crippen molar-refractivity contribution in [2.75, 3.05) is 0 Å². The second kappa shape index (κ2) is 9.17. The lowest BCUT2D eigenvalue weighted by Gasteiger charge is -2.14. The molecule has 41 heavy (non-hydrogen) atoms. The summed E-state index contributed by atoms with van der Waals surface area (Å²) in [5.41, 5.74) is 9.83. The average molecular weight is 529 g/mol. The van der Waals surface area contributed by atoms with Crippen molar-refractivity contribution in [2.24, 2.45) is 0 Å². The molecule has 3 heterocycles. The zero-order valence-corrected chi connectivity index (χ0v) is 23.0. The fourth-order valence-corrected chi connectivity index (χ4v) is 6.21. The zero-order chi connectivity index (χ0) is 27.5. The summed E-state index contributed by atoms with van der Waals surface area (Å²) in [6.07, 6.45) is 1.96. The van der Waals surface area contributed by atoms with Gasteiger partial charge < -0.3 is 9.55 Å². The first-order chi connectivity index (χ1) is 20.2. The van der Waals surface area contributed by atoms with Crippen LogP contribution in [0, 0.1) is 0 Å². The quantitative estimate of drug-likeness (QED) is 0.247. The number of nitrogens with one attached hydrogen (secondary N) is 1. The summed E-state index contributed by atoms with van der Waals surface area (Å²) in [5, 5.41) is 4.79. The molecule has 0 saturated carbocycles. The summed E-state index contributed by atoms with van der Waals surface area (Å²) >= 11 is 0. The maximum absolute atomic E-state index is 5.37. The van der Waals surface area contributed by atoms with E-state index in [-0.39, 0.29) is 6.04 Å². The Morgan fingerprint density at radius 3 is 2.29 bits per heavy atom. The molecular formula is C37H28N4. The fourth-order valence-electron chi connectivity index (χ4n) is 6.21. The minimum Gasteiger partial charge on any atom is -0.354 e. The highest BCUT2D eigenvalue weighted by Gasteiger charge is 2.20. The van der Waals surface area contributed by atoms with Crippen molar-refractivity contribution in [3.05, 3.63) is 121 Å². The van der Waals surface area contributed by atoms with Gasteiger partial charge in [0.25, 0.3) is 0 Å². The highest BCUT2D eigenvalue weighted by atomic mass is 15.1. The van der Waals surface area contributed by atoms with Crippen molar-refractivity contribution in [3.63, 3.8) is 0 Å². The first-order valence-electron chi connectivity index (χ1n) is 14.1. The largest absolute Gasteiger partial charge is 0.354 e. The van der Waals surface area contributed by atoms with Gasteiger partial charge in [-0.05, 0) is 55.1 Å². The maximum Gasteiger partial charge on any atom is 0.143 e. The highest BCUT2D eigenvalue weighted by Crippen LogP contribution is 2.38. The summed E-state index contributed by atoms with van der Waals surface area (Å²) in [6.45, 7) is 4.46. The SMILES string of the molecule is CC(C)n1c(-c2cccc3c2[nH]c2ccccc23)nc2c(-c3cccc(-c4cc5ccccc5cn4)c3)cccc21. The van der Waals surface area contributed by atoms with Gasteiger partial charge in [-0.3, -0.25) is 4.98 Å². The number of aromatic nitrogens is 4.